The van der Waals surface area contributed by atoms with Crippen molar-refractivity contribution in [3.8, 4) is 11.8 Å². The van der Waals surface area contributed by atoms with E-state index in [1.807, 2.05) is 0 Å². The molecule has 0 aliphatic carbocycles. The van der Waals surface area contributed by atoms with Crippen molar-refractivity contribution in [1.82, 2.24) is 0 Å². The first kappa shape index (κ1) is 10.3. The lowest BCUT2D eigenvalue weighted by atomic mass is 10.4. The third kappa shape index (κ3) is 4.31. The summed E-state index contributed by atoms with van der Waals surface area (Å²) < 4.78 is 9.45. The molecule has 0 atom stereocenters. The predicted molar refractivity (Wildman–Crippen MR) is 48.1 cm³/mol. The molecule has 0 fully saturated rings. The van der Waals surface area contributed by atoms with E-state index in [-0.39, 0.29) is 13.2 Å². The van der Waals surface area contributed by atoms with Crippen LogP contribution in [0.2, 0.25) is 0 Å². The first-order chi connectivity index (χ1) is 6.79. The molecule has 0 amide bonds. The molecule has 1 aliphatic heterocycles. The molecule has 14 heavy (non-hydrogen) atoms. The Morgan fingerprint density at radius 2 is 1.36 bits per heavy atom. The summed E-state index contributed by atoms with van der Waals surface area (Å²) in [5.41, 5.74) is 0. The van der Waals surface area contributed by atoms with E-state index in [1.165, 1.54) is 0 Å². The molecule has 0 aromatic carbocycles. The summed E-state index contributed by atoms with van der Waals surface area (Å²) in [6.45, 7) is 0.510. The number of carbonyl (C=O) groups excluding carboxylic acids is 2. The van der Waals surface area contributed by atoms with Crippen molar-refractivity contribution in [3.05, 3.63) is 12.2 Å². The maximum absolute atomic E-state index is 10.9. The predicted octanol–water partition coefficient (Wildman–Crippen LogP) is 0.426. The van der Waals surface area contributed by atoms with Gasteiger partial charge in [0, 0.05) is 25.0 Å². The van der Waals surface area contributed by atoms with Crippen LogP contribution in [0.25, 0.3) is 0 Å². The monoisotopic (exact) mass is 194 g/mol. The highest BCUT2D eigenvalue weighted by Crippen LogP contribution is 1.90. The molecule has 1 aliphatic rings. The van der Waals surface area contributed by atoms with Crippen LogP contribution < -0.4 is 0 Å². The van der Waals surface area contributed by atoms with Crippen molar-refractivity contribution in [2.24, 2.45) is 0 Å². The van der Waals surface area contributed by atoms with Crippen LogP contribution in [0.15, 0.2) is 12.2 Å². The molecule has 74 valence electrons. The fourth-order valence-corrected chi connectivity index (χ4v) is 0.814. The molecule has 0 unspecified atom stereocenters. The molecule has 0 bridgehead atoms. The van der Waals surface area contributed by atoms with E-state index in [2.05, 4.69) is 11.8 Å². The molecule has 0 N–H and O–H groups in total. The summed E-state index contributed by atoms with van der Waals surface area (Å²) in [7, 11) is 0. The third-order valence-electron chi connectivity index (χ3n) is 1.42. The van der Waals surface area contributed by atoms with E-state index >= 15 is 0 Å². The van der Waals surface area contributed by atoms with Crippen LogP contribution in [0.4, 0.5) is 0 Å². The van der Waals surface area contributed by atoms with Gasteiger partial charge in [-0.1, -0.05) is 11.8 Å². The van der Waals surface area contributed by atoms with E-state index in [1.54, 1.807) is 0 Å². The molecular formula is C10H10O4. The van der Waals surface area contributed by atoms with Crippen LogP contribution in [0, 0.1) is 11.8 Å². The van der Waals surface area contributed by atoms with E-state index in [0.29, 0.717) is 12.8 Å². The van der Waals surface area contributed by atoms with Crippen molar-refractivity contribution < 1.29 is 19.1 Å². The fraction of sp³-hybridized carbons (Fsp3) is 0.400. The summed E-state index contributed by atoms with van der Waals surface area (Å²) in [6, 6.07) is 0. The maximum Gasteiger partial charge on any atom is 0.331 e. The first-order valence-corrected chi connectivity index (χ1v) is 4.26. The lowest BCUT2D eigenvalue weighted by Crippen LogP contribution is -2.06. The Morgan fingerprint density at radius 1 is 0.929 bits per heavy atom. The second-order valence-corrected chi connectivity index (χ2v) is 2.52. The topological polar surface area (TPSA) is 52.6 Å². The second kappa shape index (κ2) is 5.81. The van der Waals surface area contributed by atoms with Crippen LogP contribution in [0.5, 0.6) is 0 Å². The SMILES string of the molecule is O=C1/C=C\C(=O)OCCC#CCCO1. The van der Waals surface area contributed by atoms with E-state index in [4.69, 9.17) is 9.47 Å². The Hall–Kier alpha value is -1.76. The van der Waals surface area contributed by atoms with Crippen LogP contribution in [0.3, 0.4) is 0 Å². The fourth-order valence-electron chi connectivity index (χ4n) is 0.814. The highest BCUT2D eigenvalue weighted by atomic mass is 16.5. The summed E-state index contributed by atoms with van der Waals surface area (Å²) in [4.78, 5) is 21.8. The van der Waals surface area contributed by atoms with Crippen LogP contribution in [-0.4, -0.2) is 25.2 Å². The van der Waals surface area contributed by atoms with Gasteiger partial charge in [0.15, 0.2) is 0 Å². The highest BCUT2D eigenvalue weighted by molar-refractivity contribution is 5.91. The minimum atomic E-state index is -0.552. The molecule has 0 aromatic heterocycles. The largest absolute Gasteiger partial charge is 0.462 e. The molecule has 4 heteroatoms. The zero-order valence-electron chi connectivity index (χ0n) is 7.62. The Kier molecular flexibility index (Phi) is 4.29. The normalized spacial score (nSPS) is 20.3. The number of carbonyl (C=O) groups is 2. The minimum Gasteiger partial charge on any atom is -0.462 e. The van der Waals surface area contributed by atoms with Gasteiger partial charge in [0.05, 0.1) is 0 Å². The number of cyclic esters (lactones) is 2. The third-order valence-corrected chi connectivity index (χ3v) is 1.42. The first-order valence-electron chi connectivity index (χ1n) is 4.26. The van der Waals surface area contributed by atoms with Gasteiger partial charge in [-0.05, 0) is 0 Å². The van der Waals surface area contributed by atoms with Gasteiger partial charge in [0.1, 0.15) is 13.2 Å². The van der Waals surface area contributed by atoms with Gasteiger partial charge in [0.25, 0.3) is 0 Å². The number of hydrogen-bond acceptors (Lipinski definition) is 4. The second-order valence-electron chi connectivity index (χ2n) is 2.52. The highest BCUT2D eigenvalue weighted by Gasteiger charge is 2.00. The molecule has 0 saturated heterocycles. The average Bonchev–Trinajstić information content (AvgIpc) is 2.17. The lowest BCUT2D eigenvalue weighted by molar-refractivity contribution is -0.140. The molecule has 0 radical (unpaired) electrons. The number of rotatable bonds is 0. The van der Waals surface area contributed by atoms with Crippen molar-refractivity contribution in [2.75, 3.05) is 13.2 Å². The van der Waals surface area contributed by atoms with Crippen molar-refractivity contribution in [1.29, 1.82) is 0 Å². The van der Waals surface area contributed by atoms with Crippen LogP contribution in [-0.2, 0) is 19.1 Å². The summed E-state index contributed by atoms with van der Waals surface area (Å²) in [6.07, 6.45) is 3.12. The van der Waals surface area contributed by atoms with E-state index in [0.717, 1.165) is 12.2 Å². The van der Waals surface area contributed by atoms with E-state index < -0.39 is 11.9 Å². The number of esters is 2. The summed E-state index contributed by atoms with van der Waals surface area (Å²) in [5, 5.41) is 0. The number of ether oxygens (including phenoxy) is 2. The van der Waals surface area contributed by atoms with Crippen molar-refractivity contribution in [2.45, 2.75) is 12.8 Å². The molecule has 1 heterocycles. The van der Waals surface area contributed by atoms with Gasteiger partial charge in [0.2, 0.25) is 0 Å². The molecule has 0 saturated carbocycles. The Bertz CT molecular complexity index is 278. The lowest BCUT2D eigenvalue weighted by Gasteiger charge is -2.00. The summed E-state index contributed by atoms with van der Waals surface area (Å²) in [5.74, 6) is 4.49. The zero-order chi connectivity index (χ0) is 10.2. The van der Waals surface area contributed by atoms with Gasteiger partial charge in [-0.25, -0.2) is 9.59 Å². The molecule has 0 spiro atoms. The molecule has 4 nitrogen and oxygen atoms in total. The van der Waals surface area contributed by atoms with E-state index in [9.17, 15) is 9.59 Å². The Morgan fingerprint density at radius 3 is 1.79 bits per heavy atom. The molecular weight excluding hydrogens is 184 g/mol. The smallest absolute Gasteiger partial charge is 0.331 e. The van der Waals surface area contributed by atoms with Gasteiger partial charge in [-0.2, -0.15) is 0 Å². The minimum absolute atomic E-state index is 0.255. The van der Waals surface area contributed by atoms with Crippen molar-refractivity contribution >= 4 is 11.9 Å². The van der Waals surface area contributed by atoms with Crippen molar-refractivity contribution in [3.63, 3.8) is 0 Å². The van der Waals surface area contributed by atoms with Crippen LogP contribution >= 0.6 is 0 Å². The van der Waals surface area contributed by atoms with Crippen LogP contribution in [0.1, 0.15) is 12.8 Å². The maximum atomic E-state index is 10.9. The molecule has 1 rings (SSSR count). The Labute approximate surface area is 81.9 Å². The van der Waals surface area contributed by atoms with Gasteiger partial charge in [-0.15, -0.1) is 0 Å². The van der Waals surface area contributed by atoms with Gasteiger partial charge < -0.3 is 9.47 Å². The number of hydrogen-bond donors (Lipinski definition) is 0. The van der Waals surface area contributed by atoms with Gasteiger partial charge >= 0.3 is 11.9 Å². The quantitative estimate of drug-likeness (QED) is 0.414. The average molecular weight is 194 g/mol. The van der Waals surface area contributed by atoms with Gasteiger partial charge in [-0.3, -0.25) is 0 Å². The Balaban J connectivity index is 2.53. The summed E-state index contributed by atoms with van der Waals surface area (Å²) >= 11 is 0. The zero-order valence-corrected chi connectivity index (χ0v) is 7.62. The molecule has 0 aromatic rings. The standard InChI is InChI=1S/C10H10O4/c11-9-5-6-10(12)14-8-4-2-1-3-7-13-9/h5-6H,3-4,7-8H2/b6-5-.